The molecule has 3 aliphatic carbocycles. The summed E-state index contributed by atoms with van der Waals surface area (Å²) in [4.78, 5) is 34.3. The number of rotatable bonds is 8. The molecule has 0 aromatic heterocycles. The molecule has 3 saturated heterocycles. The van der Waals surface area contributed by atoms with Crippen LogP contribution in [0.25, 0.3) is 0 Å². The molecule has 4 aliphatic heterocycles. The van der Waals surface area contributed by atoms with Gasteiger partial charge in [-0.2, -0.15) is 0 Å². The highest BCUT2D eigenvalue weighted by molar-refractivity contribution is 6.20. The molecule has 0 bridgehead atoms. The molecule has 0 radical (unpaired) electrons. The number of hydrogen-bond acceptors (Lipinski definition) is 9. The summed E-state index contributed by atoms with van der Waals surface area (Å²) in [5, 5.41) is 6.54. The summed E-state index contributed by atoms with van der Waals surface area (Å²) in [6.07, 6.45) is 7.38. The van der Waals surface area contributed by atoms with Crippen molar-refractivity contribution < 1.29 is 28.2 Å². The average molecular weight is 604 g/mol. The van der Waals surface area contributed by atoms with Crippen molar-refractivity contribution in [3.05, 3.63) is 11.8 Å². The van der Waals surface area contributed by atoms with E-state index in [9.17, 15) is 9.59 Å². The van der Waals surface area contributed by atoms with Gasteiger partial charge in [0.2, 0.25) is 0 Å². The van der Waals surface area contributed by atoms with E-state index < -0.39 is 24.2 Å². The Labute approximate surface area is 255 Å². The highest BCUT2D eigenvalue weighted by Gasteiger charge is 2.59. The molecule has 9 atom stereocenters. The van der Waals surface area contributed by atoms with Crippen molar-refractivity contribution in [2.45, 2.75) is 81.5 Å². The average Bonchev–Trinajstić information content (AvgIpc) is 3.03. The lowest BCUT2D eigenvalue weighted by Crippen LogP contribution is -2.73. The van der Waals surface area contributed by atoms with Crippen molar-refractivity contribution in [3.63, 3.8) is 0 Å². The van der Waals surface area contributed by atoms with Gasteiger partial charge in [0.1, 0.15) is 6.17 Å². The predicted molar refractivity (Wildman–Crippen MR) is 158 cm³/mol. The molecule has 0 aromatic rings. The first kappa shape index (κ1) is 30.0. The van der Waals surface area contributed by atoms with E-state index in [2.05, 4.69) is 25.3 Å². The van der Waals surface area contributed by atoms with Crippen LogP contribution in [-0.2, 0) is 23.8 Å². The number of carbonyl (C=O) groups is 2. The van der Waals surface area contributed by atoms with Crippen LogP contribution in [0.2, 0.25) is 0 Å². The first-order chi connectivity index (χ1) is 21.1. The fourth-order valence-corrected chi connectivity index (χ4v) is 9.16. The normalized spacial score (nSPS) is 40.2. The van der Waals surface area contributed by atoms with Gasteiger partial charge in [0.25, 0.3) is 5.91 Å². The third kappa shape index (κ3) is 6.27. The molecule has 11 heteroatoms. The summed E-state index contributed by atoms with van der Waals surface area (Å²) in [6.45, 7) is 9.07. The van der Waals surface area contributed by atoms with Gasteiger partial charge in [-0.3, -0.25) is 19.4 Å². The minimum absolute atomic E-state index is 0.00910. The van der Waals surface area contributed by atoms with Crippen molar-refractivity contribution in [1.82, 2.24) is 25.3 Å². The van der Waals surface area contributed by atoms with E-state index in [-0.39, 0.29) is 41.9 Å². The Morgan fingerprint density at radius 1 is 0.907 bits per heavy atom. The maximum Gasteiger partial charge on any atom is 0.256 e. The Morgan fingerprint density at radius 3 is 2.26 bits per heavy atom. The van der Waals surface area contributed by atoms with Crippen molar-refractivity contribution >= 4 is 11.7 Å². The van der Waals surface area contributed by atoms with Gasteiger partial charge in [-0.05, 0) is 31.1 Å². The summed E-state index contributed by atoms with van der Waals surface area (Å²) >= 11 is 0. The molecule has 7 aliphatic rings. The molecular formula is C32H50FN5O5. The zero-order valence-electron chi connectivity index (χ0n) is 25.5. The molecule has 4 heterocycles. The Kier molecular flexibility index (Phi) is 9.35. The number of Topliss-reactive ketones (excluding diaryl/α,β-unsaturated/α-hetero) is 1. The molecule has 2 N–H and O–H groups in total. The van der Waals surface area contributed by atoms with E-state index in [1.54, 1.807) is 0 Å². The summed E-state index contributed by atoms with van der Waals surface area (Å²) in [5.41, 5.74) is 0.194. The molecule has 3 saturated carbocycles. The smallest absolute Gasteiger partial charge is 0.256 e. The minimum atomic E-state index is -1.21. The largest absolute Gasteiger partial charge is 0.379 e. The van der Waals surface area contributed by atoms with Crippen LogP contribution in [0.5, 0.6) is 0 Å². The maximum absolute atomic E-state index is 16.1. The van der Waals surface area contributed by atoms with Gasteiger partial charge in [0.15, 0.2) is 5.78 Å². The van der Waals surface area contributed by atoms with Crippen molar-refractivity contribution in [3.8, 4) is 0 Å². The van der Waals surface area contributed by atoms with E-state index in [4.69, 9.17) is 14.2 Å². The number of hydrogen-bond donors (Lipinski definition) is 2. The second kappa shape index (κ2) is 13.4. The Morgan fingerprint density at radius 2 is 1.56 bits per heavy atom. The number of carbonyl (C=O) groups excluding carboxylic acids is 2. The monoisotopic (exact) mass is 603 g/mol. The third-order valence-corrected chi connectivity index (χ3v) is 11.5. The first-order valence-electron chi connectivity index (χ1n) is 17.0. The number of amides is 1. The van der Waals surface area contributed by atoms with Crippen LogP contribution in [-0.4, -0.2) is 142 Å². The second-order valence-electron chi connectivity index (χ2n) is 13.8. The van der Waals surface area contributed by atoms with Crippen molar-refractivity contribution in [2.75, 3.05) is 78.8 Å². The highest BCUT2D eigenvalue weighted by atomic mass is 19.1. The van der Waals surface area contributed by atoms with E-state index in [0.717, 1.165) is 65.3 Å². The third-order valence-electron chi connectivity index (χ3n) is 11.5. The van der Waals surface area contributed by atoms with Gasteiger partial charge in [-0.15, -0.1) is 0 Å². The minimum Gasteiger partial charge on any atom is -0.379 e. The molecule has 43 heavy (non-hydrogen) atoms. The quantitative estimate of drug-likeness (QED) is 0.394. The number of morpholine rings is 3. The number of ketones is 1. The Bertz CT molecular complexity index is 1040. The van der Waals surface area contributed by atoms with Gasteiger partial charge in [-0.1, -0.05) is 25.7 Å². The maximum atomic E-state index is 16.1. The zero-order chi connectivity index (χ0) is 29.3. The van der Waals surface area contributed by atoms with Crippen LogP contribution in [0.1, 0.15) is 44.9 Å². The lowest BCUT2D eigenvalue weighted by atomic mass is 9.65. The van der Waals surface area contributed by atoms with E-state index >= 15 is 4.39 Å². The zero-order valence-corrected chi connectivity index (χ0v) is 25.5. The molecule has 0 aromatic carbocycles. The van der Waals surface area contributed by atoms with Crippen LogP contribution < -0.4 is 10.6 Å². The van der Waals surface area contributed by atoms with E-state index in [0.29, 0.717) is 38.1 Å². The highest BCUT2D eigenvalue weighted by Crippen LogP contribution is 2.50. The number of nitrogens with one attached hydrogen (secondary N) is 2. The fourth-order valence-electron chi connectivity index (χ4n) is 9.16. The molecule has 9 unspecified atom stereocenters. The standard InChI is InChI=1S/C32H50FN5O5/c33-25-19-23-29-31(28(25)34-5-7-36-9-13-41-14-10-36)43-27-18-22-4-2-1-3-21(22)17-26(27)38(29)20-24(30(23)39)32(40)35-6-8-37-11-15-42-16-12-37/h20-23,25-29,31,34H,1-19H2,(H,35,40). The number of ether oxygens (including phenoxy) is 3. The summed E-state index contributed by atoms with van der Waals surface area (Å²) in [7, 11) is 0. The summed E-state index contributed by atoms with van der Waals surface area (Å²) < 4.78 is 33.9. The van der Waals surface area contributed by atoms with Gasteiger partial charge >= 0.3 is 0 Å². The lowest BCUT2D eigenvalue weighted by Gasteiger charge is -2.61. The second-order valence-corrected chi connectivity index (χ2v) is 13.8. The lowest BCUT2D eigenvalue weighted by molar-refractivity contribution is -0.208. The first-order valence-corrected chi connectivity index (χ1v) is 17.0. The molecule has 10 nitrogen and oxygen atoms in total. The molecule has 0 spiro atoms. The van der Waals surface area contributed by atoms with Crippen LogP contribution in [0.4, 0.5) is 4.39 Å². The molecule has 6 fully saturated rings. The van der Waals surface area contributed by atoms with Crippen LogP contribution in [0.15, 0.2) is 11.8 Å². The van der Waals surface area contributed by atoms with E-state index in [1.165, 1.54) is 25.7 Å². The topological polar surface area (TPSA) is 95.6 Å². The SMILES string of the molecule is O=C(NCCN1CCOCC1)C1=CN2C3CC4CCCCC4CC3OC3C(NCCN4CCOCC4)C(F)CC(C1=O)C32. The summed E-state index contributed by atoms with van der Waals surface area (Å²) in [5.74, 6) is 0.178. The van der Waals surface area contributed by atoms with Crippen molar-refractivity contribution in [2.24, 2.45) is 17.8 Å². The van der Waals surface area contributed by atoms with Crippen molar-refractivity contribution in [1.29, 1.82) is 0 Å². The molecular weight excluding hydrogens is 553 g/mol. The number of alkyl halides is 1. The molecule has 7 rings (SSSR count). The summed E-state index contributed by atoms with van der Waals surface area (Å²) in [6, 6.07) is -0.593. The van der Waals surface area contributed by atoms with Gasteiger partial charge in [0, 0.05) is 64.5 Å². The van der Waals surface area contributed by atoms with E-state index in [1.807, 2.05) is 6.20 Å². The van der Waals surface area contributed by atoms with Crippen LogP contribution in [0, 0.1) is 17.8 Å². The number of halogens is 1. The number of fused-ring (bicyclic) bond motifs is 3. The van der Waals surface area contributed by atoms with Gasteiger partial charge in [-0.25, -0.2) is 4.39 Å². The van der Waals surface area contributed by atoms with Crippen LogP contribution in [0.3, 0.4) is 0 Å². The fraction of sp³-hybridized carbons (Fsp3) is 0.875. The number of nitrogens with zero attached hydrogens (tertiary/aromatic N) is 3. The van der Waals surface area contributed by atoms with Crippen LogP contribution >= 0.6 is 0 Å². The molecule has 1 amide bonds. The van der Waals surface area contributed by atoms with Gasteiger partial charge in [0.05, 0.1) is 62.3 Å². The predicted octanol–water partition coefficient (Wildman–Crippen LogP) is 0.957. The Hall–Kier alpha value is -1.63. The molecule has 240 valence electrons. The Balaban J connectivity index is 1.10. The van der Waals surface area contributed by atoms with Gasteiger partial charge < -0.3 is 29.7 Å².